The molecule has 0 aromatic heterocycles. The fourth-order valence-corrected chi connectivity index (χ4v) is 2.66. The molecule has 0 aliphatic rings. The lowest BCUT2D eigenvalue weighted by Crippen LogP contribution is -2.29. The van der Waals surface area contributed by atoms with E-state index < -0.39 is 17.8 Å². The number of nitrogens with one attached hydrogen (secondary N) is 1. The number of primary amides is 1. The topological polar surface area (TPSA) is 64.3 Å². The maximum Gasteiger partial charge on any atom is 0.416 e. The van der Waals surface area contributed by atoms with Crippen molar-refractivity contribution < 1.29 is 22.7 Å². The molecule has 3 N–H and O–H groups in total. The molecular weight excluding hydrogens is 345 g/mol. The molecule has 0 fully saturated rings. The molecule has 2 rings (SSSR count). The third kappa shape index (κ3) is 4.47. The van der Waals surface area contributed by atoms with Gasteiger partial charge in [0.05, 0.1) is 12.7 Å². The zero-order valence-corrected chi connectivity index (χ0v) is 14.8. The predicted molar refractivity (Wildman–Crippen MR) is 93.9 cm³/mol. The number of ether oxygens (including phenoxy) is 1. The Morgan fingerprint density at radius 1 is 1.15 bits per heavy atom. The molecule has 0 atom stereocenters. The number of halogens is 3. The Morgan fingerprint density at radius 3 is 2.38 bits per heavy atom. The van der Waals surface area contributed by atoms with Crippen molar-refractivity contribution in [3.05, 3.63) is 53.1 Å². The van der Waals surface area contributed by atoms with Gasteiger partial charge in [0.15, 0.2) is 0 Å². The van der Waals surface area contributed by atoms with E-state index in [0.717, 1.165) is 17.7 Å². The van der Waals surface area contributed by atoms with Gasteiger partial charge in [-0.3, -0.25) is 0 Å². The molecule has 0 saturated heterocycles. The maximum absolute atomic E-state index is 13.1. The van der Waals surface area contributed by atoms with E-state index in [2.05, 4.69) is 5.32 Å². The Labute approximate surface area is 150 Å². The summed E-state index contributed by atoms with van der Waals surface area (Å²) in [5, 5.41) is 2.36. The van der Waals surface area contributed by atoms with Crippen LogP contribution in [0.2, 0.25) is 0 Å². The van der Waals surface area contributed by atoms with Crippen molar-refractivity contribution in [2.24, 2.45) is 5.73 Å². The fourth-order valence-electron chi connectivity index (χ4n) is 2.66. The molecule has 0 saturated carbocycles. The van der Waals surface area contributed by atoms with Crippen LogP contribution in [0.25, 0.3) is 11.1 Å². The quantitative estimate of drug-likeness (QED) is 0.807. The van der Waals surface area contributed by atoms with Crippen LogP contribution in [-0.4, -0.2) is 13.1 Å². The van der Waals surface area contributed by atoms with Gasteiger partial charge in [0.25, 0.3) is 0 Å². The van der Waals surface area contributed by atoms with Crippen LogP contribution in [0.1, 0.15) is 36.5 Å². The van der Waals surface area contributed by atoms with Crippen LogP contribution >= 0.6 is 0 Å². The number of carbonyl (C=O) groups is 1. The summed E-state index contributed by atoms with van der Waals surface area (Å²) in [6.45, 7) is 3.92. The van der Waals surface area contributed by atoms with Crippen molar-refractivity contribution in [2.75, 3.05) is 7.11 Å². The average Bonchev–Trinajstić information content (AvgIpc) is 2.58. The molecule has 2 aromatic carbocycles. The van der Waals surface area contributed by atoms with Gasteiger partial charge in [0.1, 0.15) is 5.75 Å². The molecule has 140 valence electrons. The molecule has 4 nitrogen and oxygen atoms in total. The normalized spacial score (nSPS) is 11.5. The van der Waals surface area contributed by atoms with Crippen molar-refractivity contribution in [3.63, 3.8) is 0 Å². The second-order valence-corrected chi connectivity index (χ2v) is 6.20. The maximum atomic E-state index is 13.1. The van der Waals surface area contributed by atoms with Crippen LogP contribution in [-0.2, 0) is 12.7 Å². The zero-order valence-electron chi connectivity index (χ0n) is 14.8. The largest absolute Gasteiger partial charge is 0.496 e. The van der Waals surface area contributed by atoms with Gasteiger partial charge in [0.2, 0.25) is 0 Å². The van der Waals surface area contributed by atoms with E-state index in [4.69, 9.17) is 10.5 Å². The summed E-state index contributed by atoms with van der Waals surface area (Å²) in [6.07, 6.45) is -4.48. The minimum Gasteiger partial charge on any atom is -0.496 e. The summed E-state index contributed by atoms with van der Waals surface area (Å²) in [7, 11) is 1.50. The van der Waals surface area contributed by atoms with Gasteiger partial charge < -0.3 is 15.8 Å². The Balaban J connectivity index is 2.63. The second kappa shape index (κ2) is 7.68. The van der Waals surface area contributed by atoms with Gasteiger partial charge in [-0.2, -0.15) is 13.2 Å². The molecule has 0 aliphatic heterocycles. The van der Waals surface area contributed by atoms with E-state index in [-0.39, 0.29) is 12.5 Å². The number of benzene rings is 2. The van der Waals surface area contributed by atoms with E-state index >= 15 is 0 Å². The lowest BCUT2D eigenvalue weighted by Gasteiger charge is -2.18. The summed E-state index contributed by atoms with van der Waals surface area (Å²) >= 11 is 0. The van der Waals surface area contributed by atoms with Crippen molar-refractivity contribution in [2.45, 2.75) is 32.5 Å². The first-order chi connectivity index (χ1) is 12.1. The average molecular weight is 366 g/mol. The lowest BCUT2D eigenvalue weighted by atomic mass is 9.92. The van der Waals surface area contributed by atoms with Crippen LogP contribution in [0.4, 0.5) is 18.0 Å². The third-order valence-corrected chi connectivity index (χ3v) is 4.07. The minimum absolute atomic E-state index is 0.121. The highest BCUT2D eigenvalue weighted by Gasteiger charge is 2.31. The number of rotatable bonds is 5. The first kappa shape index (κ1) is 19.6. The SMILES string of the molecule is COc1ccc(C(C)C)cc1-c1ccc(C(F)(F)F)cc1CNC(N)=O. The summed E-state index contributed by atoms with van der Waals surface area (Å²) in [5.41, 5.74) is 6.82. The zero-order chi connectivity index (χ0) is 19.5. The van der Waals surface area contributed by atoms with Crippen molar-refractivity contribution >= 4 is 6.03 Å². The van der Waals surface area contributed by atoms with Crippen LogP contribution in [0, 0.1) is 0 Å². The van der Waals surface area contributed by atoms with E-state index in [9.17, 15) is 18.0 Å². The molecular formula is C19H21F3N2O2. The Bertz CT molecular complexity index is 802. The lowest BCUT2D eigenvalue weighted by molar-refractivity contribution is -0.137. The van der Waals surface area contributed by atoms with Crippen molar-refractivity contribution in [1.82, 2.24) is 5.32 Å². The van der Waals surface area contributed by atoms with Crippen LogP contribution in [0.3, 0.4) is 0 Å². The van der Waals surface area contributed by atoms with Gasteiger partial charge in [0, 0.05) is 12.1 Å². The predicted octanol–water partition coefficient (Wildman–Crippen LogP) is 4.67. The van der Waals surface area contributed by atoms with Gasteiger partial charge in [-0.05, 0) is 46.9 Å². The number of nitrogens with two attached hydrogens (primary N) is 1. The highest BCUT2D eigenvalue weighted by atomic mass is 19.4. The molecule has 0 unspecified atom stereocenters. The highest BCUT2D eigenvalue weighted by molar-refractivity contribution is 5.76. The summed E-state index contributed by atoms with van der Waals surface area (Å²) in [5.74, 6) is 0.774. The standard InChI is InChI=1S/C19H21F3N2O2/c1-11(2)12-4-7-17(26-3)16(9-12)15-6-5-14(19(20,21)22)8-13(15)10-24-18(23)25/h4-9,11H,10H2,1-3H3,(H3,23,24,25). The van der Waals surface area contributed by atoms with Crippen LogP contribution in [0.15, 0.2) is 36.4 Å². The molecule has 2 aromatic rings. The Hall–Kier alpha value is -2.70. The smallest absolute Gasteiger partial charge is 0.416 e. The van der Waals surface area contributed by atoms with Gasteiger partial charge in [-0.1, -0.05) is 26.0 Å². The van der Waals surface area contributed by atoms with Crippen LogP contribution in [0.5, 0.6) is 5.75 Å². The molecule has 2 amide bonds. The van der Waals surface area contributed by atoms with Crippen LogP contribution < -0.4 is 15.8 Å². The number of hydrogen-bond acceptors (Lipinski definition) is 2. The molecule has 7 heteroatoms. The van der Waals surface area contributed by atoms with Gasteiger partial charge >= 0.3 is 12.2 Å². The second-order valence-electron chi connectivity index (χ2n) is 6.20. The summed E-state index contributed by atoms with van der Waals surface area (Å²) < 4.78 is 44.6. The van der Waals surface area contributed by atoms with E-state index in [0.29, 0.717) is 22.4 Å². The third-order valence-electron chi connectivity index (χ3n) is 4.07. The Morgan fingerprint density at radius 2 is 1.85 bits per heavy atom. The molecule has 0 heterocycles. The summed E-state index contributed by atoms with van der Waals surface area (Å²) in [4.78, 5) is 11.0. The molecule has 0 aliphatic carbocycles. The molecule has 0 spiro atoms. The summed E-state index contributed by atoms with van der Waals surface area (Å²) in [6, 6.07) is 8.21. The monoisotopic (exact) mass is 366 g/mol. The number of methoxy groups -OCH3 is 1. The highest BCUT2D eigenvalue weighted by Crippen LogP contribution is 2.38. The van der Waals surface area contributed by atoms with Gasteiger partial charge in [-0.25, -0.2) is 4.79 Å². The molecule has 0 bridgehead atoms. The number of amides is 2. The number of urea groups is 1. The van der Waals surface area contributed by atoms with Crippen molar-refractivity contribution in [1.29, 1.82) is 0 Å². The Kier molecular flexibility index (Phi) is 5.79. The van der Waals surface area contributed by atoms with Gasteiger partial charge in [-0.15, -0.1) is 0 Å². The van der Waals surface area contributed by atoms with E-state index in [1.165, 1.54) is 13.2 Å². The fraction of sp³-hybridized carbons (Fsp3) is 0.316. The first-order valence-corrected chi connectivity index (χ1v) is 8.05. The van der Waals surface area contributed by atoms with Crippen molar-refractivity contribution in [3.8, 4) is 16.9 Å². The van der Waals surface area contributed by atoms with E-state index in [1.54, 1.807) is 6.07 Å². The number of carbonyl (C=O) groups excluding carboxylic acids is 1. The first-order valence-electron chi connectivity index (χ1n) is 8.05. The van der Waals surface area contributed by atoms with E-state index in [1.807, 2.05) is 26.0 Å². The minimum atomic E-state index is -4.48. The molecule has 26 heavy (non-hydrogen) atoms. The number of alkyl halides is 3. The number of hydrogen-bond donors (Lipinski definition) is 2. The molecule has 0 radical (unpaired) electrons.